The van der Waals surface area contributed by atoms with Crippen LogP contribution in [0.3, 0.4) is 0 Å². The van der Waals surface area contributed by atoms with Gasteiger partial charge in [0.2, 0.25) is 0 Å². The molecule has 0 N–H and O–H groups in total. The Balaban J connectivity index is 3.15. The zero-order valence-electron chi connectivity index (χ0n) is 7.33. The highest BCUT2D eigenvalue weighted by Crippen LogP contribution is 2.25. The van der Waals surface area contributed by atoms with Crippen molar-refractivity contribution in [1.82, 2.24) is 0 Å². The largest absolute Gasteiger partial charge is 0.380 e. The van der Waals surface area contributed by atoms with Crippen molar-refractivity contribution in [1.29, 1.82) is 0 Å². The Morgan fingerprint density at radius 3 is 2.50 bits per heavy atom. The summed E-state index contributed by atoms with van der Waals surface area (Å²) in [5.74, 6) is 0. The van der Waals surface area contributed by atoms with Gasteiger partial charge in [-0.1, -0.05) is 17.7 Å². The molecule has 0 saturated carbocycles. The van der Waals surface area contributed by atoms with Crippen LogP contribution < -0.4 is 0 Å². The maximum atomic E-state index is 11.0. The van der Waals surface area contributed by atoms with Crippen molar-refractivity contribution < 1.29 is 13.2 Å². The van der Waals surface area contributed by atoms with E-state index in [-0.39, 0.29) is 9.92 Å². The Labute approximate surface area is 92.0 Å². The fraction of sp³-hybridized carbons (Fsp3) is 0.250. The zero-order valence-corrected chi connectivity index (χ0v) is 9.66. The van der Waals surface area contributed by atoms with E-state index in [1.165, 1.54) is 12.1 Å². The Morgan fingerprint density at radius 2 is 2.07 bits per heavy atom. The van der Waals surface area contributed by atoms with Crippen LogP contribution in [0.25, 0.3) is 0 Å². The molecule has 0 radical (unpaired) electrons. The lowest BCUT2D eigenvalue weighted by Crippen LogP contribution is -1.94. The van der Waals surface area contributed by atoms with Crippen molar-refractivity contribution in [3.8, 4) is 0 Å². The number of ether oxygens (including phenoxy) is 1. The minimum absolute atomic E-state index is 0.0827. The maximum absolute atomic E-state index is 11.0. The van der Waals surface area contributed by atoms with E-state index in [9.17, 15) is 8.42 Å². The molecule has 0 atom stereocenters. The van der Waals surface area contributed by atoms with Gasteiger partial charge in [0.05, 0.1) is 11.6 Å². The number of hydrogen-bond acceptors (Lipinski definition) is 3. The van der Waals surface area contributed by atoms with Crippen molar-refractivity contribution in [2.45, 2.75) is 11.5 Å². The molecular weight excluding hydrogens is 247 g/mol. The highest BCUT2D eigenvalue weighted by molar-refractivity contribution is 8.13. The van der Waals surface area contributed by atoms with Gasteiger partial charge < -0.3 is 4.74 Å². The van der Waals surface area contributed by atoms with Crippen LogP contribution in [0.4, 0.5) is 0 Å². The molecule has 0 spiro atoms. The maximum Gasteiger partial charge on any atom is 0.262 e. The SMILES string of the molecule is COCc1ccc(S(=O)(=O)Cl)c(Cl)c1. The zero-order chi connectivity index (χ0) is 10.8. The summed E-state index contributed by atoms with van der Waals surface area (Å²) in [6.07, 6.45) is 0. The highest BCUT2D eigenvalue weighted by Gasteiger charge is 2.14. The second kappa shape index (κ2) is 4.49. The lowest BCUT2D eigenvalue weighted by Gasteiger charge is -2.03. The van der Waals surface area contributed by atoms with E-state index in [1.807, 2.05) is 0 Å². The Kier molecular flexibility index (Phi) is 3.78. The molecule has 0 fully saturated rings. The summed E-state index contributed by atoms with van der Waals surface area (Å²) in [6.45, 7) is 0.377. The van der Waals surface area contributed by atoms with Gasteiger partial charge in [-0.05, 0) is 17.7 Å². The molecule has 1 aromatic carbocycles. The fourth-order valence-electron chi connectivity index (χ4n) is 0.999. The lowest BCUT2D eigenvalue weighted by molar-refractivity contribution is 0.185. The van der Waals surface area contributed by atoms with Crippen molar-refractivity contribution in [2.24, 2.45) is 0 Å². The summed E-state index contributed by atoms with van der Waals surface area (Å²) in [4.78, 5) is -0.0827. The molecule has 1 rings (SSSR count). The van der Waals surface area contributed by atoms with E-state index in [0.29, 0.717) is 6.61 Å². The molecule has 0 aromatic heterocycles. The number of halogens is 2. The molecule has 1 aromatic rings. The first-order valence-electron chi connectivity index (χ1n) is 3.67. The van der Waals surface area contributed by atoms with Gasteiger partial charge in [0.25, 0.3) is 9.05 Å². The van der Waals surface area contributed by atoms with Gasteiger partial charge >= 0.3 is 0 Å². The second-order valence-corrected chi connectivity index (χ2v) is 5.58. The summed E-state index contributed by atoms with van der Waals surface area (Å²) < 4.78 is 26.8. The van der Waals surface area contributed by atoms with Crippen LogP contribution in [0.2, 0.25) is 5.02 Å². The van der Waals surface area contributed by atoms with Crippen LogP contribution in [-0.4, -0.2) is 15.5 Å². The summed E-state index contributed by atoms with van der Waals surface area (Å²) in [7, 11) is 2.93. The molecule has 0 aliphatic heterocycles. The van der Waals surface area contributed by atoms with Crippen molar-refractivity contribution in [2.75, 3.05) is 7.11 Å². The van der Waals surface area contributed by atoms with E-state index in [4.69, 9.17) is 27.0 Å². The van der Waals surface area contributed by atoms with Gasteiger partial charge in [-0.25, -0.2) is 8.42 Å². The number of hydrogen-bond donors (Lipinski definition) is 0. The highest BCUT2D eigenvalue weighted by atomic mass is 35.7. The third kappa shape index (κ3) is 2.85. The lowest BCUT2D eigenvalue weighted by atomic mass is 10.2. The molecule has 14 heavy (non-hydrogen) atoms. The van der Waals surface area contributed by atoms with Gasteiger partial charge in [-0.15, -0.1) is 0 Å². The van der Waals surface area contributed by atoms with Crippen LogP contribution in [-0.2, 0) is 20.4 Å². The van der Waals surface area contributed by atoms with E-state index in [2.05, 4.69) is 0 Å². The monoisotopic (exact) mass is 254 g/mol. The number of benzene rings is 1. The van der Waals surface area contributed by atoms with Crippen LogP contribution in [0, 0.1) is 0 Å². The average molecular weight is 255 g/mol. The Bertz CT molecular complexity index is 428. The first-order valence-corrected chi connectivity index (χ1v) is 6.36. The van der Waals surface area contributed by atoms with Gasteiger partial charge in [0, 0.05) is 17.8 Å². The third-order valence-corrected chi connectivity index (χ3v) is 3.37. The molecule has 0 unspecified atom stereocenters. The molecule has 0 amide bonds. The van der Waals surface area contributed by atoms with Gasteiger partial charge in [-0.3, -0.25) is 0 Å². The number of rotatable bonds is 3. The van der Waals surface area contributed by atoms with Crippen LogP contribution in [0.15, 0.2) is 23.1 Å². The summed E-state index contributed by atoms with van der Waals surface area (Å²) in [5.41, 5.74) is 0.793. The Hall–Kier alpha value is -0.290. The number of methoxy groups -OCH3 is 1. The van der Waals surface area contributed by atoms with E-state index >= 15 is 0 Å². The second-order valence-electron chi connectivity index (χ2n) is 2.64. The fourth-order valence-corrected chi connectivity index (χ4v) is 2.55. The summed E-state index contributed by atoms with van der Waals surface area (Å²) in [6, 6.07) is 4.48. The normalized spacial score (nSPS) is 11.6. The average Bonchev–Trinajstić information content (AvgIpc) is 2.02. The Morgan fingerprint density at radius 1 is 1.43 bits per heavy atom. The molecule has 0 bridgehead atoms. The van der Waals surface area contributed by atoms with E-state index in [0.717, 1.165) is 5.56 Å². The molecule has 0 saturated heterocycles. The minimum Gasteiger partial charge on any atom is -0.380 e. The predicted octanol–water partition coefficient (Wildman–Crippen LogP) is 2.41. The van der Waals surface area contributed by atoms with Crippen LogP contribution >= 0.6 is 22.3 Å². The first kappa shape index (κ1) is 11.8. The van der Waals surface area contributed by atoms with E-state index in [1.54, 1.807) is 13.2 Å². The third-order valence-electron chi connectivity index (χ3n) is 1.57. The molecular formula is C8H8Cl2O3S. The molecule has 0 aliphatic rings. The van der Waals surface area contributed by atoms with Gasteiger partial charge in [0.15, 0.2) is 0 Å². The molecule has 3 nitrogen and oxygen atoms in total. The summed E-state index contributed by atoms with van der Waals surface area (Å²) >= 11 is 5.73. The molecule has 0 heterocycles. The van der Waals surface area contributed by atoms with Gasteiger partial charge in [-0.2, -0.15) is 0 Å². The van der Waals surface area contributed by atoms with Crippen molar-refractivity contribution in [3.63, 3.8) is 0 Å². The quantitative estimate of drug-likeness (QED) is 0.779. The topological polar surface area (TPSA) is 43.4 Å². The summed E-state index contributed by atoms with van der Waals surface area (Å²) in [5, 5.41) is 0.106. The smallest absolute Gasteiger partial charge is 0.262 e. The predicted molar refractivity (Wildman–Crippen MR) is 55.2 cm³/mol. The molecule has 0 aliphatic carbocycles. The first-order chi connectivity index (χ1) is 6.45. The van der Waals surface area contributed by atoms with Crippen LogP contribution in [0.1, 0.15) is 5.56 Å². The molecule has 78 valence electrons. The van der Waals surface area contributed by atoms with Crippen molar-refractivity contribution >= 4 is 31.3 Å². The standard InChI is InChI=1S/C8H8Cl2O3S/c1-13-5-6-2-3-8(7(9)4-6)14(10,11)12/h2-4H,5H2,1H3. The van der Waals surface area contributed by atoms with E-state index < -0.39 is 9.05 Å². The minimum atomic E-state index is -3.77. The van der Waals surface area contributed by atoms with Crippen molar-refractivity contribution in [3.05, 3.63) is 28.8 Å². The molecule has 6 heteroatoms. The van der Waals surface area contributed by atoms with Crippen LogP contribution in [0.5, 0.6) is 0 Å². The van der Waals surface area contributed by atoms with Gasteiger partial charge in [0.1, 0.15) is 4.90 Å².